The lowest BCUT2D eigenvalue weighted by Crippen LogP contribution is -2.05. The first-order valence-corrected chi connectivity index (χ1v) is 7.00. The standard InChI is InChI=1S/C14H15N3OS/c1-18-11-4-2-10(3-5-11)13-12(6-7-15)17-8-9-19-14(17)16-13/h2-5,8-9H,6-7,15H2,1H3. The van der Waals surface area contributed by atoms with Crippen LogP contribution in [0, 0.1) is 0 Å². The van der Waals surface area contributed by atoms with Gasteiger partial charge < -0.3 is 10.5 Å². The third-order valence-corrected chi connectivity index (χ3v) is 3.86. The largest absolute Gasteiger partial charge is 0.497 e. The Kier molecular flexibility index (Phi) is 3.23. The van der Waals surface area contributed by atoms with Crippen LogP contribution >= 0.6 is 11.3 Å². The van der Waals surface area contributed by atoms with Crippen molar-refractivity contribution in [3.63, 3.8) is 0 Å². The number of aromatic nitrogens is 2. The first-order valence-electron chi connectivity index (χ1n) is 6.12. The molecular formula is C14H15N3OS. The number of rotatable bonds is 4. The van der Waals surface area contributed by atoms with E-state index in [0.717, 1.165) is 28.4 Å². The van der Waals surface area contributed by atoms with Crippen LogP contribution in [0.15, 0.2) is 35.8 Å². The summed E-state index contributed by atoms with van der Waals surface area (Å²) in [6, 6.07) is 7.97. The minimum Gasteiger partial charge on any atom is -0.497 e. The summed E-state index contributed by atoms with van der Waals surface area (Å²) < 4.78 is 7.31. The Balaban J connectivity index is 2.11. The number of fused-ring (bicyclic) bond motifs is 1. The van der Waals surface area contributed by atoms with Crippen molar-refractivity contribution in [1.82, 2.24) is 9.38 Å². The number of ether oxygens (including phenoxy) is 1. The number of hydrogen-bond donors (Lipinski definition) is 1. The highest BCUT2D eigenvalue weighted by atomic mass is 32.1. The maximum Gasteiger partial charge on any atom is 0.194 e. The molecule has 0 atom stereocenters. The van der Waals surface area contributed by atoms with Crippen molar-refractivity contribution >= 4 is 16.3 Å². The van der Waals surface area contributed by atoms with Gasteiger partial charge in [0.2, 0.25) is 0 Å². The highest BCUT2D eigenvalue weighted by molar-refractivity contribution is 7.15. The molecule has 19 heavy (non-hydrogen) atoms. The molecule has 3 aromatic rings. The average molecular weight is 273 g/mol. The summed E-state index contributed by atoms with van der Waals surface area (Å²) in [6.45, 7) is 0.618. The Morgan fingerprint density at radius 2 is 2.11 bits per heavy atom. The fourth-order valence-electron chi connectivity index (χ4n) is 2.19. The van der Waals surface area contributed by atoms with Crippen molar-refractivity contribution in [1.29, 1.82) is 0 Å². The van der Waals surface area contributed by atoms with Crippen LogP contribution in [-0.2, 0) is 6.42 Å². The Bertz CT molecular complexity index is 684. The van der Waals surface area contributed by atoms with E-state index in [1.165, 1.54) is 5.69 Å². The third kappa shape index (κ3) is 2.11. The van der Waals surface area contributed by atoms with Crippen molar-refractivity contribution in [3.05, 3.63) is 41.5 Å². The minimum absolute atomic E-state index is 0.618. The number of thiazole rings is 1. The van der Waals surface area contributed by atoms with E-state index in [-0.39, 0.29) is 0 Å². The molecule has 2 heterocycles. The molecule has 0 fully saturated rings. The Labute approximate surface area is 115 Å². The Morgan fingerprint density at radius 1 is 1.32 bits per heavy atom. The maximum atomic E-state index is 5.71. The SMILES string of the molecule is COc1ccc(-c2nc3sccn3c2CCN)cc1. The van der Waals surface area contributed by atoms with Crippen molar-refractivity contribution in [2.75, 3.05) is 13.7 Å². The molecule has 0 unspecified atom stereocenters. The molecule has 3 rings (SSSR count). The summed E-state index contributed by atoms with van der Waals surface area (Å²) in [6.07, 6.45) is 2.87. The van der Waals surface area contributed by atoms with Gasteiger partial charge in [-0.25, -0.2) is 4.98 Å². The molecule has 0 aliphatic carbocycles. The number of imidazole rings is 1. The summed E-state index contributed by atoms with van der Waals surface area (Å²) in [5.41, 5.74) is 9.00. The van der Waals surface area contributed by atoms with E-state index in [4.69, 9.17) is 15.5 Å². The van der Waals surface area contributed by atoms with Crippen molar-refractivity contribution in [2.45, 2.75) is 6.42 Å². The van der Waals surface area contributed by atoms with Gasteiger partial charge in [0.05, 0.1) is 18.5 Å². The lowest BCUT2D eigenvalue weighted by molar-refractivity contribution is 0.415. The summed E-state index contributed by atoms with van der Waals surface area (Å²) in [5, 5.41) is 2.04. The monoisotopic (exact) mass is 273 g/mol. The van der Waals surface area contributed by atoms with E-state index in [9.17, 15) is 0 Å². The fourth-order valence-corrected chi connectivity index (χ4v) is 2.92. The normalized spacial score (nSPS) is 11.1. The topological polar surface area (TPSA) is 52.5 Å². The Morgan fingerprint density at radius 3 is 2.79 bits per heavy atom. The molecule has 0 radical (unpaired) electrons. The smallest absolute Gasteiger partial charge is 0.194 e. The van der Waals surface area contributed by atoms with Gasteiger partial charge in [-0.1, -0.05) is 0 Å². The van der Waals surface area contributed by atoms with Crippen LogP contribution < -0.4 is 10.5 Å². The lowest BCUT2D eigenvalue weighted by Gasteiger charge is -2.04. The van der Waals surface area contributed by atoms with E-state index < -0.39 is 0 Å². The number of methoxy groups -OCH3 is 1. The van der Waals surface area contributed by atoms with Gasteiger partial charge in [-0.05, 0) is 30.8 Å². The van der Waals surface area contributed by atoms with E-state index >= 15 is 0 Å². The molecule has 0 amide bonds. The molecule has 0 aliphatic rings. The summed E-state index contributed by atoms with van der Waals surface area (Å²) in [7, 11) is 1.67. The van der Waals surface area contributed by atoms with Crippen LogP contribution in [0.3, 0.4) is 0 Å². The van der Waals surface area contributed by atoms with Crippen LogP contribution in [0.25, 0.3) is 16.2 Å². The highest BCUT2D eigenvalue weighted by Gasteiger charge is 2.14. The first kappa shape index (κ1) is 12.2. The van der Waals surface area contributed by atoms with Crippen LogP contribution in [0.5, 0.6) is 5.75 Å². The van der Waals surface area contributed by atoms with E-state index in [1.807, 2.05) is 35.8 Å². The molecule has 98 valence electrons. The molecule has 2 aromatic heterocycles. The zero-order valence-corrected chi connectivity index (χ0v) is 11.5. The van der Waals surface area contributed by atoms with E-state index in [2.05, 4.69) is 4.40 Å². The fraction of sp³-hybridized carbons (Fsp3) is 0.214. The van der Waals surface area contributed by atoms with Crippen LogP contribution in [0.2, 0.25) is 0 Å². The summed E-state index contributed by atoms with van der Waals surface area (Å²) >= 11 is 1.64. The summed E-state index contributed by atoms with van der Waals surface area (Å²) in [5.74, 6) is 0.852. The van der Waals surface area contributed by atoms with Gasteiger partial charge in [-0.15, -0.1) is 11.3 Å². The number of hydrogen-bond acceptors (Lipinski definition) is 4. The third-order valence-electron chi connectivity index (χ3n) is 3.11. The number of benzene rings is 1. The molecular weight excluding hydrogens is 258 g/mol. The average Bonchev–Trinajstić information content (AvgIpc) is 3.02. The van der Waals surface area contributed by atoms with Gasteiger partial charge >= 0.3 is 0 Å². The predicted molar refractivity (Wildman–Crippen MR) is 77.8 cm³/mol. The molecule has 1 aromatic carbocycles. The second kappa shape index (κ2) is 5.03. The van der Waals surface area contributed by atoms with Crippen molar-refractivity contribution in [2.24, 2.45) is 5.73 Å². The Hall–Kier alpha value is -1.85. The van der Waals surface area contributed by atoms with Gasteiger partial charge in [0.15, 0.2) is 4.96 Å². The molecule has 5 heteroatoms. The zero-order chi connectivity index (χ0) is 13.2. The second-order valence-electron chi connectivity index (χ2n) is 4.23. The first-order chi connectivity index (χ1) is 9.33. The molecule has 0 saturated carbocycles. The molecule has 0 bridgehead atoms. The van der Waals surface area contributed by atoms with Crippen molar-refractivity contribution in [3.8, 4) is 17.0 Å². The molecule has 0 saturated heterocycles. The van der Waals surface area contributed by atoms with Gasteiger partial charge in [0, 0.05) is 23.6 Å². The van der Waals surface area contributed by atoms with E-state index in [1.54, 1.807) is 18.4 Å². The van der Waals surface area contributed by atoms with Gasteiger partial charge in [-0.2, -0.15) is 0 Å². The van der Waals surface area contributed by atoms with Crippen molar-refractivity contribution < 1.29 is 4.74 Å². The number of nitrogens with zero attached hydrogens (tertiary/aromatic N) is 2. The van der Waals surface area contributed by atoms with Gasteiger partial charge in [-0.3, -0.25) is 4.40 Å². The molecule has 4 nitrogen and oxygen atoms in total. The van der Waals surface area contributed by atoms with Gasteiger partial charge in [0.25, 0.3) is 0 Å². The van der Waals surface area contributed by atoms with E-state index in [0.29, 0.717) is 6.54 Å². The molecule has 0 aliphatic heterocycles. The number of nitrogens with two attached hydrogens (primary N) is 1. The van der Waals surface area contributed by atoms with Crippen LogP contribution in [0.4, 0.5) is 0 Å². The second-order valence-corrected chi connectivity index (χ2v) is 5.10. The minimum atomic E-state index is 0.618. The van der Waals surface area contributed by atoms with Gasteiger partial charge in [0.1, 0.15) is 5.75 Å². The van der Waals surface area contributed by atoms with Crippen LogP contribution in [-0.4, -0.2) is 23.0 Å². The molecule has 0 spiro atoms. The highest BCUT2D eigenvalue weighted by Crippen LogP contribution is 2.28. The lowest BCUT2D eigenvalue weighted by atomic mass is 10.1. The molecule has 2 N–H and O–H groups in total. The maximum absolute atomic E-state index is 5.71. The predicted octanol–water partition coefficient (Wildman–Crippen LogP) is 2.57. The van der Waals surface area contributed by atoms with Crippen LogP contribution in [0.1, 0.15) is 5.69 Å². The summed E-state index contributed by atoms with van der Waals surface area (Å²) in [4.78, 5) is 5.71. The zero-order valence-electron chi connectivity index (χ0n) is 10.7. The quantitative estimate of drug-likeness (QED) is 0.795.